The molecular formula is C31H26BN3O. The molecule has 4 nitrogen and oxygen atoms in total. The van der Waals surface area contributed by atoms with Crippen LogP contribution in [0.3, 0.4) is 0 Å². The Morgan fingerprint density at radius 1 is 0.639 bits per heavy atom. The topological polar surface area (TPSA) is 47.9 Å². The number of aromatic nitrogens is 3. The van der Waals surface area contributed by atoms with Crippen LogP contribution >= 0.6 is 0 Å². The predicted molar refractivity (Wildman–Crippen MR) is 148 cm³/mol. The lowest BCUT2D eigenvalue weighted by atomic mass is 9.37. The predicted octanol–water partition coefficient (Wildman–Crippen LogP) is 5.00. The molecule has 3 heterocycles. The van der Waals surface area contributed by atoms with Crippen LogP contribution in [0.25, 0.3) is 11.0 Å². The number of ether oxygens (including phenoxy) is 1. The summed E-state index contributed by atoms with van der Waals surface area (Å²) in [5.41, 5.74) is 7.97. The molecule has 0 amide bonds. The molecule has 0 bridgehead atoms. The molecule has 174 valence electrons. The van der Waals surface area contributed by atoms with Crippen molar-refractivity contribution in [2.24, 2.45) is 0 Å². The van der Waals surface area contributed by atoms with E-state index in [9.17, 15) is 0 Å². The van der Waals surface area contributed by atoms with Gasteiger partial charge in [0.1, 0.15) is 5.75 Å². The smallest absolute Gasteiger partial charge is 0.291 e. The van der Waals surface area contributed by atoms with Gasteiger partial charge in [0.05, 0.1) is 12.8 Å². The second-order valence-electron chi connectivity index (χ2n) is 8.51. The van der Waals surface area contributed by atoms with Crippen LogP contribution in [0.15, 0.2) is 122 Å². The first kappa shape index (κ1) is 23.2. The number of hydrogen-bond donors (Lipinski definition) is 0. The van der Waals surface area contributed by atoms with E-state index in [1.54, 1.807) is 7.11 Å². The normalized spacial score (nSPS) is 11.5. The first-order valence-corrected chi connectivity index (χ1v) is 11.9. The van der Waals surface area contributed by atoms with Crippen molar-refractivity contribution in [2.75, 3.05) is 7.11 Å². The highest BCUT2D eigenvalue weighted by molar-refractivity contribution is 6.99. The molecule has 0 saturated carbocycles. The van der Waals surface area contributed by atoms with Crippen LogP contribution in [0.1, 0.15) is 22.4 Å². The summed E-state index contributed by atoms with van der Waals surface area (Å²) in [6.45, 7) is 1.84. The van der Waals surface area contributed by atoms with Crippen LogP contribution in [0.2, 0.25) is 0 Å². The molecule has 0 saturated heterocycles. The summed E-state index contributed by atoms with van der Waals surface area (Å²) in [4.78, 5) is 14.4. The van der Waals surface area contributed by atoms with E-state index < -0.39 is 0 Å². The van der Waals surface area contributed by atoms with E-state index >= 15 is 0 Å². The maximum absolute atomic E-state index is 5.86. The van der Waals surface area contributed by atoms with Gasteiger partial charge in [0.25, 0.3) is 6.71 Å². The van der Waals surface area contributed by atoms with E-state index in [1.807, 2.05) is 73.2 Å². The van der Waals surface area contributed by atoms with E-state index in [4.69, 9.17) is 19.7 Å². The Morgan fingerprint density at radius 2 is 1.22 bits per heavy atom. The van der Waals surface area contributed by atoms with Gasteiger partial charge < -0.3 is 4.74 Å². The molecule has 36 heavy (non-hydrogen) atoms. The molecule has 0 N–H and O–H groups in total. The molecule has 0 aliphatic rings. The Balaban J connectivity index is 1.94. The van der Waals surface area contributed by atoms with Gasteiger partial charge >= 0.3 is 0 Å². The van der Waals surface area contributed by atoms with Crippen molar-refractivity contribution in [1.82, 2.24) is 15.0 Å². The fourth-order valence-corrected chi connectivity index (χ4v) is 4.51. The van der Waals surface area contributed by atoms with Crippen LogP contribution < -0.4 is 15.9 Å². The third-order valence-electron chi connectivity index (χ3n) is 6.18. The van der Waals surface area contributed by atoms with E-state index in [2.05, 4.69) is 55.5 Å². The Labute approximate surface area is 212 Å². The Kier molecular flexibility index (Phi) is 6.99. The van der Waals surface area contributed by atoms with Gasteiger partial charge in [-0.1, -0.05) is 66.2 Å². The SMILES string of the molecule is COc1ccccc1/C(=C(\B(c1ccccn1)c1ccccn1)c1ccccn1)c1ccc(C)cc1. The average Bonchev–Trinajstić information content (AvgIpc) is 2.95. The maximum Gasteiger partial charge on any atom is 0.291 e. The van der Waals surface area contributed by atoms with Crippen LogP contribution in [0.5, 0.6) is 5.75 Å². The van der Waals surface area contributed by atoms with Crippen LogP contribution in [0.4, 0.5) is 0 Å². The van der Waals surface area contributed by atoms with Gasteiger partial charge in [0.2, 0.25) is 0 Å². The van der Waals surface area contributed by atoms with Gasteiger partial charge in [-0.05, 0) is 66.0 Å². The highest BCUT2D eigenvalue weighted by Gasteiger charge is 2.33. The van der Waals surface area contributed by atoms with Gasteiger partial charge in [-0.2, -0.15) is 0 Å². The lowest BCUT2D eigenvalue weighted by Gasteiger charge is -2.23. The minimum atomic E-state index is -0.261. The number of pyridine rings is 3. The molecule has 5 heteroatoms. The van der Waals surface area contributed by atoms with Gasteiger partial charge in [0.15, 0.2) is 0 Å². The highest BCUT2D eigenvalue weighted by atomic mass is 16.5. The summed E-state index contributed by atoms with van der Waals surface area (Å²) in [5, 5.41) is 0. The maximum atomic E-state index is 5.86. The lowest BCUT2D eigenvalue weighted by Crippen LogP contribution is -2.47. The number of methoxy groups -OCH3 is 1. The second-order valence-corrected chi connectivity index (χ2v) is 8.51. The molecule has 0 aliphatic carbocycles. The van der Waals surface area contributed by atoms with Crippen LogP contribution in [-0.2, 0) is 0 Å². The zero-order chi connectivity index (χ0) is 24.7. The quantitative estimate of drug-likeness (QED) is 0.316. The standard InChI is InChI=1S/C31H26BN3O/c1-23-16-18-24(19-17-23)30(25-11-3-4-13-27(25)36-2)31(26-12-5-8-20-33-26)32(28-14-6-9-21-34-28)29-15-7-10-22-35-29/h3-22H,1-2H3/b31-30-. The molecule has 0 radical (unpaired) electrons. The van der Waals surface area contributed by atoms with Crippen molar-refractivity contribution in [3.63, 3.8) is 0 Å². The number of nitrogens with zero attached hydrogens (tertiary/aromatic N) is 3. The molecule has 0 atom stereocenters. The summed E-state index contributed by atoms with van der Waals surface area (Å²) in [6, 6.07) is 34.7. The molecule has 5 aromatic rings. The van der Waals surface area contributed by atoms with Gasteiger partial charge in [-0.15, -0.1) is 0 Å². The summed E-state index contributed by atoms with van der Waals surface area (Å²) in [6.07, 6.45) is 5.49. The third kappa shape index (κ3) is 4.82. The monoisotopic (exact) mass is 467 g/mol. The van der Waals surface area contributed by atoms with Crippen LogP contribution in [0, 0.1) is 6.92 Å². The fraction of sp³-hybridized carbons (Fsp3) is 0.0645. The summed E-state index contributed by atoms with van der Waals surface area (Å²) >= 11 is 0. The van der Waals surface area contributed by atoms with E-state index in [-0.39, 0.29) is 6.71 Å². The average molecular weight is 467 g/mol. The summed E-state index contributed by atoms with van der Waals surface area (Å²) < 4.78 is 5.86. The molecular weight excluding hydrogens is 441 g/mol. The fourth-order valence-electron chi connectivity index (χ4n) is 4.51. The Hall–Kier alpha value is -4.51. The summed E-state index contributed by atoms with van der Waals surface area (Å²) in [7, 11) is 1.71. The van der Waals surface area contributed by atoms with Crippen molar-refractivity contribution in [2.45, 2.75) is 6.92 Å². The number of hydrogen-bond acceptors (Lipinski definition) is 4. The third-order valence-corrected chi connectivity index (χ3v) is 6.18. The van der Waals surface area contributed by atoms with Crippen molar-refractivity contribution < 1.29 is 4.74 Å². The van der Waals surface area contributed by atoms with Gasteiger partial charge in [0, 0.05) is 35.3 Å². The number of aryl methyl sites for hydroxylation is 1. The molecule has 3 aromatic heterocycles. The van der Waals surface area contributed by atoms with E-state index in [0.29, 0.717) is 0 Å². The minimum Gasteiger partial charge on any atom is -0.496 e. The number of para-hydroxylation sites is 1. The minimum absolute atomic E-state index is 0.261. The zero-order valence-corrected chi connectivity index (χ0v) is 20.4. The van der Waals surface area contributed by atoms with Crippen molar-refractivity contribution in [3.05, 3.63) is 144 Å². The first-order chi connectivity index (χ1) is 17.8. The summed E-state index contributed by atoms with van der Waals surface area (Å²) in [5.74, 6) is 0.794. The van der Waals surface area contributed by atoms with Crippen molar-refractivity contribution in [3.8, 4) is 5.75 Å². The van der Waals surface area contributed by atoms with Crippen molar-refractivity contribution in [1.29, 1.82) is 0 Å². The number of rotatable bonds is 7. The van der Waals surface area contributed by atoms with E-state index in [1.165, 1.54) is 5.56 Å². The number of benzene rings is 2. The molecule has 0 unspecified atom stereocenters. The van der Waals surface area contributed by atoms with Gasteiger partial charge in [-0.3, -0.25) is 15.0 Å². The van der Waals surface area contributed by atoms with E-state index in [0.717, 1.165) is 44.8 Å². The lowest BCUT2D eigenvalue weighted by molar-refractivity contribution is 0.413. The molecule has 0 fully saturated rings. The molecule has 0 spiro atoms. The Morgan fingerprint density at radius 3 is 1.78 bits per heavy atom. The van der Waals surface area contributed by atoms with Gasteiger partial charge in [-0.25, -0.2) is 0 Å². The largest absolute Gasteiger partial charge is 0.496 e. The van der Waals surface area contributed by atoms with Crippen molar-refractivity contribution >= 4 is 28.9 Å². The Bertz CT molecular complexity index is 1420. The molecule has 0 aliphatic heterocycles. The van der Waals surface area contributed by atoms with Crippen LogP contribution in [-0.4, -0.2) is 28.8 Å². The molecule has 2 aromatic carbocycles. The molecule has 5 rings (SSSR count). The highest BCUT2D eigenvalue weighted by Crippen LogP contribution is 2.37. The zero-order valence-electron chi connectivity index (χ0n) is 20.4. The first-order valence-electron chi connectivity index (χ1n) is 11.9. The second kappa shape index (κ2) is 10.8.